The lowest BCUT2D eigenvalue weighted by molar-refractivity contribution is -0.117. The lowest BCUT2D eigenvalue weighted by Gasteiger charge is -2.16. The van der Waals surface area contributed by atoms with E-state index in [0.717, 1.165) is 29.8 Å². The summed E-state index contributed by atoms with van der Waals surface area (Å²) in [6.45, 7) is 2.09. The molecule has 0 unspecified atom stereocenters. The Balaban J connectivity index is 1.73. The summed E-state index contributed by atoms with van der Waals surface area (Å²) in [6.07, 6.45) is 5.06. The van der Waals surface area contributed by atoms with Crippen molar-refractivity contribution < 1.29 is 4.79 Å². The van der Waals surface area contributed by atoms with Gasteiger partial charge in [0.1, 0.15) is 12.7 Å². The van der Waals surface area contributed by atoms with E-state index in [1.54, 1.807) is 12.7 Å². The fraction of sp³-hybridized carbons (Fsp3) is 0.211. The molecule has 5 heteroatoms. The smallest absolute Gasteiger partial charge is 0.231 e. The molecule has 0 radical (unpaired) electrons. The Labute approximate surface area is 141 Å². The number of hydrogen-bond acceptors (Lipinski definition) is 3. The number of hydrogen-bond donors (Lipinski definition) is 1. The van der Waals surface area contributed by atoms with Crippen LogP contribution in [0.25, 0.3) is 5.69 Å². The van der Waals surface area contributed by atoms with E-state index in [2.05, 4.69) is 22.4 Å². The summed E-state index contributed by atoms with van der Waals surface area (Å²) < 4.78 is 1.81. The van der Waals surface area contributed by atoms with Crippen LogP contribution in [-0.4, -0.2) is 20.7 Å². The van der Waals surface area contributed by atoms with E-state index in [1.807, 2.05) is 59.2 Å². The molecule has 0 aliphatic heterocycles. The monoisotopic (exact) mass is 320 g/mol. The molecule has 3 rings (SSSR count). The van der Waals surface area contributed by atoms with Crippen LogP contribution >= 0.6 is 0 Å². The third-order valence-corrected chi connectivity index (χ3v) is 3.95. The highest BCUT2D eigenvalue weighted by Crippen LogP contribution is 2.23. The molecular weight excluding hydrogens is 300 g/mol. The molecule has 0 spiro atoms. The lowest BCUT2D eigenvalue weighted by Crippen LogP contribution is -2.21. The zero-order valence-corrected chi connectivity index (χ0v) is 13.6. The summed E-state index contributed by atoms with van der Waals surface area (Å²) in [5, 5.41) is 10.6. The van der Waals surface area contributed by atoms with E-state index in [-0.39, 0.29) is 11.8 Å². The van der Waals surface area contributed by atoms with Crippen LogP contribution in [0.15, 0.2) is 67.3 Å². The van der Waals surface area contributed by atoms with Gasteiger partial charge < -0.3 is 5.32 Å². The second-order valence-corrected chi connectivity index (χ2v) is 5.66. The van der Waals surface area contributed by atoms with Crippen LogP contribution in [-0.2, 0) is 4.79 Å². The Bertz CT molecular complexity index is 767. The molecule has 24 heavy (non-hydrogen) atoms. The first-order valence-electron chi connectivity index (χ1n) is 8.09. The van der Waals surface area contributed by atoms with Crippen LogP contribution in [0.1, 0.15) is 31.2 Å². The minimum atomic E-state index is -0.131. The Morgan fingerprint density at radius 2 is 1.71 bits per heavy atom. The van der Waals surface area contributed by atoms with Gasteiger partial charge in [-0.2, -0.15) is 0 Å². The normalized spacial score (nSPS) is 11.9. The molecule has 1 amide bonds. The van der Waals surface area contributed by atoms with Crippen molar-refractivity contribution in [3.8, 4) is 5.69 Å². The molecule has 0 fully saturated rings. The van der Waals surface area contributed by atoms with Crippen LogP contribution in [0, 0.1) is 0 Å². The van der Waals surface area contributed by atoms with Gasteiger partial charge in [-0.1, -0.05) is 43.7 Å². The van der Waals surface area contributed by atoms with Gasteiger partial charge in [0.2, 0.25) is 5.91 Å². The van der Waals surface area contributed by atoms with Gasteiger partial charge in [-0.3, -0.25) is 9.36 Å². The fourth-order valence-corrected chi connectivity index (χ4v) is 2.70. The number of carbonyl (C=O) groups is 1. The van der Waals surface area contributed by atoms with Gasteiger partial charge in [0.25, 0.3) is 0 Å². The molecule has 3 aromatic rings. The summed E-state index contributed by atoms with van der Waals surface area (Å²) in [5.41, 5.74) is 2.79. The van der Waals surface area contributed by atoms with Crippen LogP contribution in [0.4, 0.5) is 5.69 Å². The average molecular weight is 320 g/mol. The molecule has 1 heterocycles. The minimum Gasteiger partial charge on any atom is -0.326 e. The van der Waals surface area contributed by atoms with Gasteiger partial charge in [0, 0.05) is 11.4 Å². The van der Waals surface area contributed by atoms with E-state index < -0.39 is 0 Å². The maximum atomic E-state index is 12.7. The Kier molecular flexibility index (Phi) is 5.01. The van der Waals surface area contributed by atoms with Gasteiger partial charge >= 0.3 is 0 Å². The van der Waals surface area contributed by atoms with Crippen LogP contribution in [0.3, 0.4) is 0 Å². The molecule has 0 saturated heterocycles. The molecule has 1 atom stereocenters. The Morgan fingerprint density at radius 1 is 1.04 bits per heavy atom. The van der Waals surface area contributed by atoms with Gasteiger partial charge in [0.05, 0.1) is 5.92 Å². The molecule has 122 valence electrons. The molecule has 0 aliphatic carbocycles. The number of rotatable bonds is 6. The zero-order valence-electron chi connectivity index (χ0n) is 13.6. The van der Waals surface area contributed by atoms with Gasteiger partial charge in [-0.25, -0.2) is 0 Å². The first kappa shape index (κ1) is 15.9. The van der Waals surface area contributed by atoms with Crippen molar-refractivity contribution >= 4 is 11.6 Å². The van der Waals surface area contributed by atoms with Crippen molar-refractivity contribution in [2.75, 3.05) is 5.32 Å². The molecule has 0 saturated carbocycles. The predicted molar refractivity (Wildman–Crippen MR) is 94.1 cm³/mol. The number of nitrogens with zero attached hydrogens (tertiary/aromatic N) is 3. The third kappa shape index (κ3) is 3.68. The van der Waals surface area contributed by atoms with E-state index in [9.17, 15) is 4.79 Å². The van der Waals surface area contributed by atoms with Gasteiger partial charge in [-0.05, 0) is 36.2 Å². The number of aromatic nitrogens is 3. The standard InChI is InChI=1S/C19H20N4O/c1-2-6-18(15-7-4-3-5-8-15)19(24)22-16-9-11-17(12-10-16)23-13-20-21-14-23/h3-5,7-14,18H,2,6H2,1H3,(H,22,24)/t18-/m1/s1. The lowest BCUT2D eigenvalue weighted by atomic mass is 9.93. The molecule has 2 aromatic carbocycles. The first-order valence-corrected chi connectivity index (χ1v) is 8.09. The highest BCUT2D eigenvalue weighted by Gasteiger charge is 2.19. The zero-order chi connectivity index (χ0) is 16.8. The van der Waals surface area contributed by atoms with Crippen molar-refractivity contribution in [3.05, 3.63) is 72.8 Å². The topological polar surface area (TPSA) is 59.8 Å². The molecule has 1 aromatic heterocycles. The van der Waals surface area contributed by atoms with Crippen LogP contribution in [0.5, 0.6) is 0 Å². The van der Waals surface area contributed by atoms with E-state index in [1.165, 1.54) is 0 Å². The van der Waals surface area contributed by atoms with Gasteiger partial charge in [-0.15, -0.1) is 10.2 Å². The second kappa shape index (κ2) is 7.55. The predicted octanol–water partition coefficient (Wildman–Crippen LogP) is 3.79. The molecular formula is C19H20N4O. The van der Waals surface area contributed by atoms with E-state index in [4.69, 9.17) is 0 Å². The maximum Gasteiger partial charge on any atom is 0.231 e. The Morgan fingerprint density at radius 3 is 2.33 bits per heavy atom. The molecule has 0 aliphatic rings. The highest BCUT2D eigenvalue weighted by molar-refractivity contribution is 5.95. The quantitative estimate of drug-likeness (QED) is 0.751. The minimum absolute atomic E-state index is 0.0279. The number of carbonyl (C=O) groups excluding carboxylic acids is 1. The average Bonchev–Trinajstić information content (AvgIpc) is 3.15. The Hall–Kier alpha value is -2.95. The van der Waals surface area contributed by atoms with Gasteiger partial charge in [0.15, 0.2) is 0 Å². The summed E-state index contributed by atoms with van der Waals surface area (Å²) in [7, 11) is 0. The summed E-state index contributed by atoms with van der Waals surface area (Å²) in [6, 6.07) is 17.6. The number of amides is 1. The summed E-state index contributed by atoms with van der Waals surface area (Å²) in [4.78, 5) is 12.7. The fourth-order valence-electron chi connectivity index (χ4n) is 2.70. The third-order valence-electron chi connectivity index (χ3n) is 3.95. The van der Waals surface area contributed by atoms with Crippen molar-refractivity contribution in [1.29, 1.82) is 0 Å². The number of nitrogens with one attached hydrogen (secondary N) is 1. The molecule has 5 nitrogen and oxygen atoms in total. The maximum absolute atomic E-state index is 12.7. The molecule has 1 N–H and O–H groups in total. The second-order valence-electron chi connectivity index (χ2n) is 5.66. The van der Waals surface area contributed by atoms with E-state index in [0.29, 0.717) is 0 Å². The number of benzene rings is 2. The summed E-state index contributed by atoms with van der Waals surface area (Å²) >= 11 is 0. The van der Waals surface area contributed by atoms with Crippen molar-refractivity contribution in [2.45, 2.75) is 25.7 Å². The number of anilines is 1. The van der Waals surface area contributed by atoms with Crippen molar-refractivity contribution in [2.24, 2.45) is 0 Å². The highest BCUT2D eigenvalue weighted by atomic mass is 16.1. The summed E-state index contributed by atoms with van der Waals surface area (Å²) in [5.74, 6) is -0.103. The van der Waals surface area contributed by atoms with E-state index >= 15 is 0 Å². The van der Waals surface area contributed by atoms with Crippen molar-refractivity contribution in [3.63, 3.8) is 0 Å². The first-order chi connectivity index (χ1) is 11.8. The SMILES string of the molecule is CCC[C@@H](C(=O)Nc1ccc(-n2cnnc2)cc1)c1ccccc1. The molecule has 0 bridgehead atoms. The van der Waals surface area contributed by atoms with Crippen LogP contribution < -0.4 is 5.32 Å². The van der Waals surface area contributed by atoms with Crippen molar-refractivity contribution in [1.82, 2.24) is 14.8 Å². The largest absolute Gasteiger partial charge is 0.326 e. The van der Waals surface area contributed by atoms with Crippen LogP contribution in [0.2, 0.25) is 0 Å².